The van der Waals surface area contributed by atoms with Crippen LogP contribution in [0.2, 0.25) is 0 Å². The molecular weight excluding hydrogens is 306 g/mol. The number of nitrogens with one attached hydrogen (secondary N) is 1. The molecule has 0 aromatic carbocycles. The molecule has 7 heteroatoms. The molecule has 3 rings (SSSR count). The Morgan fingerprint density at radius 2 is 2.25 bits per heavy atom. The molecule has 1 aliphatic rings. The highest BCUT2D eigenvalue weighted by molar-refractivity contribution is 5.73. The van der Waals surface area contributed by atoms with E-state index in [9.17, 15) is 4.79 Å². The van der Waals surface area contributed by atoms with Crippen molar-refractivity contribution in [3.63, 3.8) is 0 Å². The first-order chi connectivity index (χ1) is 11.3. The van der Waals surface area contributed by atoms with Crippen molar-refractivity contribution in [1.29, 1.82) is 0 Å². The van der Waals surface area contributed by atoms with Gasteiger partial charge in [0.05, 0.1) is 5.52 Å². The summed E-state index contributed by atoms with van der Waals surface area (Å²) in [6, 6.07) is 4.04. The molecular formula is C17H25N5O2. The highest BCUT2D eigenvalue weighted by Gasteiger charge is 2.30. The van der Waals surface area contributed by atoms with Crippen molar-refractivity contribution < 1.29 is 9.53 Å². The number of ether oxygens (including phenoxy) is 1. The molecule has 2 aromatic rings. The normalized spacial score (nSPS) is 18.7. The highest BCUT2D eigenvalue weighted by atomic mass is 16.6. The van der Waals surface area contributed by atoms with Crippen LogP contribution >= 0.6 is 0 Å². The number of nitrogens with zero attached hydrogens (tertiary/aromatic N) is 4. The van der Waals surface area contributed by atoms with Crippen LogP contribution in [0.25, 0.3) is 11.2 Å². The number of likely N-dealkylation sites (N-methyl/N-ethyl adjacent to an activating group) is 1. The van der Waals surface area contributed by atoms with E-state index < -0.39 is 5.60 Å². The number of imidazole rings is 1. The molecule has 24 heavy (non-hydrogen) atoms. The second-order valence-corrected chi connectivity index (χ2v) is 7.27. The van der Waals surface area contributed by atoms with E-state index in [4.69, 9.17) is 4.74 Å². The van der Waals surface area contributed by atoms with Crippen LogP contribution in [0.1, 0.15) is 33.6 Å². The SMILES string of the molecule is CN(c1nc2ncccc2[nH]1)C1CCCN(C(=O)OC(C)(C)C)C1. The third kappa shape index (κ3) is 3.60. The molecule has 7 nitrogen and oxygen atoms in total. The fraction of sp³-hybridized carbons (Fsp3) is 0.588. The van der Waals surface area contributed by atoms with Crippen molar-refractivity contribution in [2.45, 2.75) is 45.3 Å². The van der Waals surface area contributed by atoms with Crippen molar-refractivity contribution >= 4 is 23.2 Å². The van der Waals surface area contributed by atoms with E-state index in [-0.39, 0.29) is 12.1 Å². The summed E-state index contributed by atoms with van der Waals surface area (Å²) in [5.41, 5.74) is 1.15. The van der Waals surface area contributed by atoms with E-state index in [1.807, 2.05) is 40.0 Å². The minimum atomic E-state index is -0.472. The number of carbonyl (C=O) groups is 1. The van der Waals surface area contributed by atoms with Gasteiger partial charge < -0.3 is 19.5 Å². The van der Waals surface area contributed by atoms with E-state index in [0.29, 0.717) is 12.2 Å². The number of rotatable bonds is 2. The largest absolute Gasteiger partial charge is 0.444 e. The number of amides is 1. The molecule has 1 N–H and O–H groups in total. The highest BCUT2D eigenvalue weighted by Crippen LogP contribution is 2.22. The van der Waals surface area contributed by atoms with Crippen LogP contribution in [0.15, 0.2) is 18.3 Å². The van der Waals surface area contributed by atoms with Crippen molar-refractivity contribution in [3.05, 3.63) is 18.3 Å². The van der Waals surface area contributed by atoms with E-state index in [2.05, 4.69) is 19.9 Å². The van der Waals surface area contributed by atoms with E-state index in [1.165, 1.54) is 0 Å². The zero-order valence-electron chi connectivity index (χ0n) is 14.7. The topological polar surface area (TPSA) is 74.4 Å². The van der Waals surface area contributed by atoms with Crippen LogP contribution in [-0.4, -0.2) is 57.7 Å². The molecule has 1 amide bonds. The molecule has 1 atom stereocenters. The number of hydrogen-bond donors (Lipinski definition) is 1. The van der Waals surface area contributed by atoms with Gasteiger partial charge >= 0.3 is 6.09 Å². The van der Waals surface area contributed by atoms with Gasteiger partial charge in [0.25, 0.3) is 0 Å². The Morgan fingerprint density at radius 1 is 1.46 bits per heavy atom. The lowest BCUT2D eigenvalue weighted by Crippen LogP contribution is -2.50. The van der Waals surface area contributed by atoms with Gasteiger partial charge in [-0.3, -0.25) is 0 Å². The first kappa shape index (κ1) is 16.5. The van der Waals surface area contributed by atoms with Crippen LogP contribution in [-0.2, 0) is 4.74 Å². The lowest BCUT2D eigenvalue weighted by molar-refractivity contribution is 0.0199. The van der Waals surface area contributed by atoms with Crippen molar-refractivity contribution in [1.82, 2.24) is 19.9 Å². The standard InChI is InChI=1S/C17H25N5O2/c1-17(2,3)24-16(23)22-10-6-7-12(11-22)21(4)15-19-13-8-5-9-18-14(13)20-15/h5,8-9,12H,6-7,10-11H2,1-4H3,(H,18,19,20). The zero-order chi connectivity index (χ0) is 17.3. The van der Waals surface area contributed by atoms with E-state index in [1.54, 1.807) is 11.1 Å². The van der Waals surface area contributed by atoms with Gasteiger partial charge in [-0.05, 0) is 45.7 Å². The Balaban J connectivity index is 1.70. The summed E-state index contributed by atoms with van der Waals surface area (Å²) < 4.78 is 5.49. The maximum absolute atomic E-state index is 12.3. The molecule has 0 spiro atoms. The number of likely N-dealkylation sites (tertiary alicyclic amines) is 1. The number of carbonyl (C=O) groups excluding carboxylic acids is 1. The Labute approximate surface area is 142 Å². The summed E-state index contributed by atoms with van der Waals surface area (Å²) >= 11 is 0. The number of anilines is 1. The van der Waals surface area contributed by atoms with Gasteiger partial charge in [-0.1, -0.05) is 0 Å². The Morgan fingerprint density at radius 3 is 2.96 bits per heavy atom. The maximum Gasteiger partial charge on any atom is 0.410 e. The lowest BCUT2D eigenvalue weighted by Gasteiger charge is -2.38. The minimum Gasteiger partial charge on any atom is -0.444 e. The first-order valence-electron chi connectivity index (χ1n) is 8.35. The monoisotopic (exact) mass is 331 g/mol. The van der Waals surface area contributed by atoms with Gasteiger partial charge in [-0.15, -0.1) is 0 Å². The number of pyridine rings is 1. The predicted octanol–water partition coefficient (Wildman–Crippen LogP) is 2.79. The average Bonchev–Trinajstić information content (AvgIpc) is 2.96. The fourth-order valence-corrected chi connectivity index (χ4v) is 2.94. The molecule has 0 saturated carbocycles. The summed E-state index contributed by atoms with van der Waals surface area (Å²) in [6.45, 7) is 7.04. The second kappa shape index (κ2) is 6.30. The van der Waals surface area contributed by atoms with Gasteiger partial charge in [0.2, 0.25) is 5.95 Å². The molecule has 0 bridgehead atoms. The number of H-pyrrole nitrogens is 1. The Kier molecular flexibility index (Phi) is 4.34. The second-order valence-electron chi connectivity index (χ2n) is 7.27. The summed E-state index contributed by atoms with van der Waals surface area (Å²) in [7, 11) is 2.00. The molecule has 3 heterocycles. The zero-order valence-corrected chi connectivity index (χ0v) is 14.7. The number of piperidine rings is 1. The lowest BCUT2D eigenvalue weighted by atomic mass is 10.1. The van der Waals surface area contributed by atoms with Crippen molar-refractivity contribution in [2.75, 3.05) is 25.0 Å². The smallest absolute Gasteiger partial charge is 0.410 e. The third-order valence-corrected chi connectivity index (χ3v) is 4.17. The van der Waals surface area contributed by atoms with Crippen LogP contribution in [0, 0.1) is 0 Å². The van der Waals surface area contributed by atoms with Gasteiger partial charge in [0, 0.05) is 32.4 Å². The molecule has 130 valence electrons. The molecule has 1 fully saturated rings. The predicted molar refractivity (Wildman–Crippen MR) is 93.1 cm³/mol. The number of hydrogen-bond acceptors (Lipinski definition) is 5. The van der Waals surface area contributed by atoms with E-state index in [0.717, 1.165) is 30.9 Å². The summed E-state index contributed by atoms with van der Waals surface area (Å²) in [5.74, 6) is 0.778. The van der Waals surface area contributed by atoms with Crippen LogP contribution < -0.4 is 4.90 Å². The molecule has 0 radical (unpaired) electrons. The van der Waals surface area contributed by atoms with Crippen molar-refractivity contribution in [3.8, 4) is 0 Å². The van der Waals surface area contributed by atoms with E-state index >= 15 is 0 Å². The summed E-state index contributed by atoms with van der Waals surface area (Å²) in [5, 5.41) is 0. The third-order valence-electron chi connectivity index (χ3n) is 4.17. The molecule has 1 aliphatic heterocycles. The molecule has 1 unspecified atom stereocenters. The molecule has 0 aliphatic carbocycles. The fourth-order valence-electron chi connectivity index (χ4n) is 2.94. The Hall–Kier alpha value is -2.31. The summed E-state index contributed by atoms with van der Waals surface area (Å²) in [4.78, 5) is 28.3. The number of aromatic nitrogens is 3. The molecule has 2 aromatic heterocycles. The van der Waals surface area contributed by atoms with Crippen molar-refractivity contribution in [2.24, 2.45) is 0 Å². The van der Waals surface area contributed by atoms with Gasteiger partial charge in [-0.2, -0.15) is 4.98 Å². The minimum absolute atomic E-state index is 0.201. The first-order valence-corrected chi connectivity index (χ1v) is 8.35. The number of fused-ring (bicyclic) bond motifs is 1. The Bertz CT molecular complexity index is 688. The summed E-state index contributed by atoms with van der Waals surface area (Å²) in [6.07, 6.45) is 3.46. The average molecular weight is 331 g/mol. The van der Waals surface area contributed by atoms with Crippen LogP contribution in [0.4, 0.5) is 10.7 Å². The van der Waals surface area contributed by atoms with Gasteiger partial charge in [0.1, 0.15) is 5.60 Å². The van der Waals surface area contributed by atoms with Crippen LogP contribution in [0.3, 0.4) is 0 Å². The quantitative estimate of drug-likeness (QED) is 0.916. The molecule has 1 saturated heterocycles. The maximum atomic E-state index is 12.3. The van der Waals surface area contributed by atoms with Crippen LogP contribution in [0.5, 0.6) is 0 Å². The van der Waals surface area contributed by atoms with Gasteiger partial charge in [-0.25, -0.2) is 9.78 Å². The number of aromatic amines is 1. The van der Waals surface area contributed by atoms with Gasteiger partial charge in [0.15, 0.2) is 5.65 Å².